The number of hydrogen-bond acceptors (Lipinski definition) is 6. The van der Waals surface area contributed by atoms with E-state index in [0.717, 1.165) is 23.8 Å². The lowest BCUT2D eigenvalue weighted by Gasteiger charge is -2.11. The van der Waals surface area contributed by atoms with Gasteiger partial charge in [-0.05, 0) is 37.1 Å². The molecule has 4 rings (SSSR count). The molecule has 0 aliphatic heterocycles. The van der Waals surface area contributed by atoms with E-state index in [0.29, 0.717) is 28.3 Å². The SMILES string of the molecule is COc1cccc(NC(=O)CSc2nnc(COc3ccccc3Cl)n2C2CC2)c1. The predicted octanol–water partition coefficient (Wildman–Crippen LogP) is 4.58. The molecule has 0 saturated heterocycles. The molecule has 30 heavy (non-hydrogen) atoms. The highest BCUT2D eigenvalue weighted by Crippen LogP contribution is 2.39. The van der Waals surface area contributed by atoms with Gasteiger partial charge in [0.25, 0.3) is 0 Å². The van der Waals surface area contributed by atoms with Gasteiger partial charge in [-0.25, -0.2) is 0 Å². The second-order valence-electron chi connectivity index (χ2n) is 6.79. The molecule has 0 bridgehead atoms. The van der Waals surface area contributed by atoms with E-state index in [9.17, 15) is 4.79 Å². The number of nitrogens with one attached hydrogen (secondary N) is 1. The van der Waals surface area contributed by atoms with Gasteiger partial charge in [-0.1, -0.05) is 41.6 Å². The van der Waals surface area contributed by atoms with E-state index in [1.165, 1.54) is 11.8 Å². The van der Waals surface area contributed by atoms with Gasteiger partial charge in [-0.3, -0.25) is 9.36 Å². The zero-order valence-electron chi connectivity index (χ0n) is 16.4. The molecule has 0 unspecified atom stereocenters. The highest BCUT2D eigenvalue weighted by molar-refractivity contribution is 7.99. The monoisotopic (exact) mass is 444 g/mol. The van der Waals surface area contributed by atoms with Crippen LogP contribution in [-0.2, 0) is 11.4 Å². The highest BCUT2D eigenvalue weighted by Gasteiger charge is 2.30. The van der Waals surface area contributed by atoms with Crippen molar-refractivity contribution in [3.63, 3.8) is 0 Å². The van der Waals surface area contributed by atoms with Crippen molar-refractivity contribution < 1.29 is 14.3 Å². The number of benzene rings is 2. The molecular weight excluding hydrogens is 424 g/mol. The maximum atomic E-state index is 12.4. The van der Waals surface area contributed by atoms with Gasteiger partial charge in [0, 0.05) is 17.8 Å². The molecule has 1 N–H and O–H groups in total. The number of methoxy groups -OCH3 is 1. The largest absolute Gasteiger partial charge is 0.497 e. The highest BCUT2D eigenvalue weighted by atomic mass is 35.5. The summed E-state index contributed by atoms with van der Waals surface area (Å²) in [6.45, 7) is 0.268. The Balaban J connectivity index is 1.38. The van der Waals surface area contributed by atoms with Gasteiger partial charge in [0.15, 0.2) is 11.0 Å². The number of halogens is 1. The lowest BCUT2D eigenvalue weighted by atomic mass is 10.3. The van der Waals surface area contributed by atoms with E-state index in [-0.39, 0.29) is 18.3 Å². The van der Waals surface area contributed by atoms with E-state index >= 15 is 0 Å². The lowest BCUT2D eigenvalue weighted by molar-refractivity contribution is -0.113. The van der Waals surface area contributed by atoms with Crippen molar-refractivity contribution in [2.45, 2.75) is 30.6 Å². The summed E-state index contributed by atoms with van der Waals surface area (Å²) in [5.74, 6) is 2.14. The summed E-state index contributed by atoms with van der Waals surface area (Å²) in [6.07, 6.45) is 2.14. The molecule has 156 valence electrons. The topological polar surface area (TPSA) is 78.3 Å². The summed E-state index contributed by atoms with van der Waals surface area (Å²) in [4.78, 5) is 12.4. The first-order valence-electron chi connectivity index (χ1n) is 9.52. The van der Waals surface area contributed by atoms with Crippen molar-refractivity contribution in [3.8, 4) is 11.5 Å². The molecule has 1 fully saturated rings. The maximum absolute atomic E-state index is 12.4. The van der Waals surface area contributed by atoms with E-state index in [4.69, 9.17) is 21.1 Å². The molecular formula is C21H21ClN4O3S. The fourth-order valence-electron chi connectivity index (χ4n) is 2.94. The molecule has 1 amide bonds. The molecule has 7 nitrogen and oxygen atoms in total. The van der Waals surface area contributed by atoms with Crippen molar-refractivity contribution in [2.24, 2.45) is 0 Å². The van der Waals surface area contributed by atoms with Crippen molar-refractivity contribution >= 4 is 35.0 Å². The second-order valence-corrected chi connectivity index (χ2v) is 8.14. The maximum Gasteiger partial charge on any atom is 0.234 e. The normalized spacial score (nSPS) is 13.1. The molecule has 9 heteroatoms. The van der Waals surface area contributed by atoms with Gasteiger partial charge in [-0.2, -0.15) is 0 Å². The Kier molecular flexibility index (Phi) is 6.44. The van der Waals surface area contributed by atoms with Crippen LogP contribution in [0.4, 0.5) is 5.69 Å². The quantitative estimate of drug-likeness (QED) is 0.486. The minimum absolute atomic E-state index is 0.118. The number of rotatable bonds is 9. The second kappa shape index (κ2) is 9.40. The van der Waals surface area contributed by atoms with Crippen LogP contribution in [0.15, 0.2) is 53.7 Å². The summed E-state index contributed by atoms with van der Waals surface area (Å²) in [5, 5.41) is 12.7. The minimum atomic E-state index is -0.118. The average Bonchev–Trinajstić information content (AvgIpc) is 3.51. The summed E-state index contributed by atoms with van der Waals surface area (Å²) >= 11 is 7.52. The molecule has 0 atom stereocenters. The van der Waals surface area contributed by atoms with Crippen molar-refractivity contribution in [1.82, 2.24) is 14.8 Å². The summed E-state index contributed by atoms with van der Waals surface area (Å²) in [6, 6.07) is 14.9. The molecule has 2 aromatic carbocycles. The van der Waals surface area contributed by atoms with E-state index < -0.39 is 0 Å². The van der Waals surface area contributed by atoms with Crippen LogP contribution < -0.4 is 14.8 Å². The van der Waals surface area contributed by atoms with Crippen LogP contribution in [0, 0.1) is 0 Å². The predicted molar refractivity (Wildman–Crippen MR) is 116 cm³/mol. The molecule has 1 aliphatic carbocycles. The Morgan fingerprint density at radius 1 is 1.23 bits per heavy atom. The Hall–Kier alpha value is -2.71. The van der Waals surface area contributed by atoms with Crippen LogP contribution in [0.25, 0.3) is 0 Å². The fourth-order valence-corrected chi connectivity index (χ4v) is 3.95. The van der Waals surface area contributed by atoms with Gasteiger partial charge in [0.2, 0.25) is 5.91 Å². The third-order valence-electron chi connectivity index (χ3n) is 4.53. The Bertz CT molecular complexity index is 1040. The summed E-state index contributed by atoms with van der Waals surface area (Å²) in [5.41, 5.74) is 0.692. The zero-order valence-corrected chi connectivity index (χ0v) is 17.9. The third-order valence-corrected chi connectivity index (χ3v) is 5.78. The number of carbonyl (C=O) groups is 1. The lowest BCUT2D eigenvalue weighted by Crippen LogP contribution is -2.15. The zero-order chi connectivity index (χ0) is 20.9. The molecule has 0 spiro atoms. The standard InChI is InChI=1S/C21H21ClN4O3S/c1-28-16-6-4-5-14(11-16)23-20(27)13-30-21-25-24-19(26(21)15-9-10-15)12-29-18-8-3-2-7-17(18)22/h2-8,11,15H,9-10,12-13H2,1H3,(H,23,27). The van der Waals surface area contributed by atoms with Crippen LogP contribution in [-0.4, -0.2) is 33.5 Å². The van der Waals surface area contributed by atoms with Crippen LogP contribution >= 0.6 is 23.4 Å². The molecule has 3 aromatic rings. The van der Waals surface area contributed by atoms with Gasteiger partial charge in [-0.15, -0.1) is 10.2 Å². The number of anilines is 1. The molecule has 1 aromatic heterocycles. The van der Waals surface area contributed by atoms with Crippen LogP contribution in [0.5, 0.6) is 11.5 Å². The minimum Gasteiger partial charge on any atom is -0.497 e. The molecule has 1 aliphatic rings. The number of ether oxygens (including phenoxy) is 2. The van der Waals surface area contributed by atoms with E-state index in [1.807, 2.05) is 36.4 Å². The first kappa shape index (κ1) is 20.6. The van der Waals surface area contributed by atoms with Crippen LogP contribution in [0.1, 0.15) is 24.7 Å². The number of hydrogen-bond donors (Lipinski definition) is 1. The first-order chi connectivity index (χ1) is 14.6. The first-order valence-corrected chi connectivity index (χ1v) is 10.9. The number of carbonyl (C=O) groups excluding carboxylic acids is 1. The number of nitrogens with zero attached hydrogens (tertiary/aromatic N) is 3. The molecule has 1 saturated carbocycles. The van der Waals surface area contributed by atoms with Gasteiger partial charge in [0.05, 0.1) is 17.9 Å². The van der Waals surface area contributed by atoms with Crippen molar-refractivity contribution in [3.05, 3.63) is 59.4 Å². The van der Waals surface area contributed by atoms with E-state index in [1.54, 1.807) is 19.2 Å². The van der Waals surface area contributed by atoms with Gasteiger partial charge < -0.3 is 14.8 Å². The summed E-state index contributed by atoms with van der Waals surface area (Å²) < 4.78 is 13.1. The average molecular weight is 445 g/mol. The Labute approximate surface area is 183 Å². The smallest absolute Gasteiger partial charge is 0.234 e. The molecule has 1 heterocycles. The van der Waals surface area contributed by atoms with Crippen molar-refractivity contribution in [2.75, 3.05) is 18.2 Å². The van der Waals surface area contributed by atoms with Gasteiger partial charge in [0.1, 0.15) is 18.1 Å². The van der Waals surface area contributed by atoms with Crippen LogP contribution in [0.2, 0.25) is 5.02 Å². The van der Waals surface area contributed by atoms with Crippen molar-refractivity contribution in [1.29, 1.82) is 0 Å². The number of aromatic nitrogens is 3. The number of amides is 1. The van der Waals surface area contributed by atoms with Crippen LogP contribution in [0.3, 0.4) is 0 Å². The third kappa shape index (κ3) is 5.06. The van der Waals surface area contributed by atoms with E-state index in [2.05, 4.69) is 20.1 Å². The summed E-state index contributed by atoms with van der Waals surface area (Å²) in [7, 11) is 1.59. The number of para-hydroxylation sites is 1. The fraction of sp³-hybridized carbons (Fsp3) is 0.286. The molecule has 0 radical (unpaired) electrons. The Morgan fingerprint density at radius 3 is 2.83 bits per heavy atom. The van der Waals surface area contributed by atoms with Gasteiger partial charge >= 0.3 is 0 Å². The number of thioether (sulfide) groups is 1. The Morgan fingerprint density at radius 2 is 2.07 bits per heavy atom.